The van der Waals surface area contributed by atoms with Crippen LogP contribution < -0.4 is 10.4 Å². The summed E-state index contributed by atoms with van der Waals surface area (Å²) in [6.07, 6.45) is 3.48. The van der Waals surface area contributed by atoms with Gasteiger partial charge in [-0.25, -0.2) is 5.09 Å². The first-order chi connectivity index (χ1) is 10.8. The molecule has 1 aliphatic carbocycles. The standard InChI is InChI=1S/C19H32NO2P/c1-14(2)18-12-11-16(5)13-19(18)22-23(21,20-15(3)4)17-9-7-6-8-10-17/h6-10,14-16,18-19H,11-13H2,1-5H3,(H,20,21)/t16-,18+,19-,23+/m1/s1. The number of hydrogen-bond acceptors (Lipinski definition) is 2. The molecule has 1 fully saturated rings. The van der Waals surface area contributed by atoms with Gasteiger partial charge >= 0.3 is 0 Å². The van der Waals surface area contributed by atoms with Crippen molar-refractivity contribution >= 4 is 12.8 Å². The Bertz CT molecular complexity index is 529. The molecule has 0 bridgehead atoms. The van der Waals surface area contributed by atoms with Crippen LogP contribution in [0.25, 0.3) is 0 Å². The van der Waals surface area contributed by atoms with Crippen molar-refractivity contribution in [1.29, 1.82) is 0 Å². The van der Waals surface area contributed by atoms with Gasteiger partial charge in [0.25, 0.3) is 7.52 Å². The number of nitrogens with one attached hydrogen (secondary N) is 1. The minimum Gasteiger partial charge on any atom is -0.311 e. The molecule has 0 saturated heterocycles. The summed E-state index contributed by atoms with van der Waals surface area (Å²) in [5.41, 5.74) is 0. The fourth-order valence-electron chi connectivity index (χ4n) is 3.56. The van der Waals surface area contributed by atoms with Crippen LogP contribution in [0.4, 0.5) is 0 Å². The Labute approximate surface area is 141 Å². The topological polar surface area (TPSA) is 38.3 Å². The van der Waals surface area contributed by atoms with Gasteiger partial charge in [-0.2, -0.15) is 0 Å². The van der Waals surface area contributed by atoms with Crippen molar-refractivity contribution in [3.63, 3.8) is 0 Å². The molecule has 3 nitrogen and oxygen atoms in total. The molecule has 4 atom stereocenters. The summed E-state index contributed by atoms with van der Waals surface area (Å²) in [4.78, 5) is 0. The fraction of sp³-hybridized carbons (Fsp3) is 0.684. The van der Waals surface area contributed by atoms with E-state index >= 15 is 0 Å². The molecular weight excluding hydrogens is 305 g/mol. The monoisotopic (exact) mass is 337 g/mol. The van der Waals surface area contributed by atoms with Crippen molar-refractivity contribution in [2.75, 3.05) is 0 Å². The van der Waals surface area contributed by atoms with Crippen molar-refractivity contribution < 1.29 is 9.09 Å². The van der Waals surface area contributed by atoms with Gasteiger partial charge in [-0.15, -0.1) is 0 Å². The van der Waals surface area contributed by atoms with Crippen molar-refractivity contribution in [3.05, 3.63) is 30.3 Å². The van der Waals surface area contributed by atoms with Crippen molar-refractivity contribution in [1.82, 2.24) is 5.09 Å². The van der Waals surface area contributed by atoms with Gasteiger partial charge in [-0.3, -0.25) is 4.57 Å². The number of rotatable bonds is 6. The van der Waals surface area contributed by atoms with Crippen LogP contribution in [0, 0.1) is 17.8 Å². The zero-order valence-electron chi connectivity index (χ0n) is 15.2. The molecule has 0 radical (unpaired) electrons. The second-order valence-electron chi connectivity index (χ2n) is 7.64. The second kappa shape index (κ2) is 7.96. The van der Waals surface area contributed by atoms with Gasteiger partial charge in [-0.1, -0.05) is 45.4 Å². The summed E-state index contributed by atoms with van der Waals surface area (Å²) in [5.74, 6) is 1.67. The molecule has 1 N–H and O–H groups in total. The highest BCUT2D eigenvalue weighted by molar-refractivity contribution is 7.65. The van der Waals surface area contributed by atoms with Crippen LogP contribution in [-0.4, -0.2) is 12.1 Å². The van der Waals surface area contributed by atoms with Crippen LogP contribution in [0.5, 0.6) is 0 Å². The third-order valence-corrected chi connectivity index (χ3v) is 7.17. The first-order valence-corrected chi connectivity index (χ1v) is 10.6. The Morgan fingerprint density at radius 2 is 1.78 bits per heavy atom. The molecule has 1 aliphatic rings. The first-order valence-electron chi connectivity index (χ1n) is 8.93. The molecule has 0 spiro atoms. The molecule has 0 unspecified atom stereocenters. The molecule has 1 aromatic carbocycles. The molecule has 4 heteroatoms. The summed E-state index contributed by atoms with van der Waals surface area (Å²) >= 11 is 0. The van der Waals surface area contributed by atoms with Crippen LogP contribution >= 0.6 is 7.52 Å². The maximum absolute atomic E-state index is 13.6. The van der Waals surface area contributed by atoms with Gasteiger partial charge in [0, 0.05) is 6.04 Å². The van der Waals surface area contributed by atoms with Crippen molar-refractivity contribution in [2.24, 2.45) is 17.8 Å². The van der Waals surface area contributed by atoms with Gasteiger partial charge in [0.05, 0.1) is 11.4 Å². The van der Waals surface area contributed by atoms with E-state index < -0.39 is 7.52 Å². The van der Waals surface area contributed by atoms with Gasteiger partial charge in [0.1, 0.15) is 0 Å². The molecule has 130 valence electrons. The van der Waals surface area contributed by atoms with Crippen LogP contribution in [0.1, 0.15) is 53.9 Å². The van der Waals surface area contributed by atoms with Crippen LogP contribution in [-0.2, 0) is 9.09 Å². The van der Waals surface area contributed by atoms with E-state index in [0.717, 1.165) is 11.7 Å². The van der Waals surface area contributed by atoms with Crippen LogP contribution in [0.15, 0.2) is 30.3 Å². The van der Waals surface area contributed by atoms with E-state index in [2.05, 4.69) is 25.9 Å². The highest BCUT2D eigenvalue weighted by atomic mass is 31.2. The van der Waals surface area contributed by atoms with Gasteiger partial charge in [0.2, 0.25) is 0 Å². The smallest absolute Gasteiger partial charge is 0.300 e. The summed E-state index contributed by atoms with van der Waals surface area (Å²) in [5, 5.41) is 4.00. The summed E-state index contributed by atoms with van der Waals surface area (Å²) < 4.78 is 20.0. The summed E-state index contributed by atoms with van der Waals surface area (Å²) in [7, 11) is -3.05. The quantitative estimate of drug-likeness (QED) is 0.744. The molecule has 1 aromatic rings. The molecule has 0 amide bonds. The van der Waals surface area contributed by atoms with E-state index in [1.807, 2.05) is 44.2 Å². The Balaban J connectivity index is 2.27. The molecule has 1 saturated carbocycles. The predicted molar refractivity (Wildman–Crippen MR) is 98.2 cm³/mol. The van der Waals surface area contributed by atoms with E-state index in [4.69, 9.17) is 4.52 Å². The van der Waals surface area contributed by atoms with E-state index in [0.29, 0.717) is 17.8 Å². The minimum absolute atomic E-state index is 0.0658. The van der Waals surface area contributed by atoms with E-state index in [-0.39, 0.29) is 12.1 Å². The molecule has 0 aromatic heterocycles. The van der Waals surface area contributed by atoms with Crippen LogP contribution in [0.2, 0.25) is 0 Å². The minimum atomic E-state index is -3.05. The lowest BCUT2D eigenvalue weighted by atomic mass is 9.75. The lowest BCUT2D eigenvalue weighted by molar-refractivity contribution is 0.0480. The van der Waals surface area contributed by atoms with Gasteiger partial charge < -0.3 is 4.52 Å². The lowest BCUT2D eigenvalue weighted by Crippen LogP contribution is -2.37. The van der Waals surface area contributed by atoms with Gasteiger partial charge in [-0.05, 0) is 56.6 Å². The average molecular weight is 337 g/mol. The van der Waals surface area contributed by atoms with Crippen molar-refractivity contribution in [2.45, 2.75) is 66.0 Å². The lowest BCUT2D eigenvalue weighted by Gasteiger charge is -2.39. The SMILES string of the molecule is CC(C)N[P@@](=O)(O[C@@H]1C[C@H](C)CC[C@H]1C(C)C)c1ccccc1. The third kappa shape index (κ3) is 4.92. The highest BCUT2D eigenvalue weighted by Gasteiger charge is 2.38. The number of benzene rings is 1. The number of hydrogen-bond donors (Lipinski definition) is 1. The van der Waals surface area contributed by atoms with Crippen LogP contribution in [0.3, 0.4) is 0 Å². The Hall–Kier alpha value is -0.630. The van der Waals surface area contributed by atoms with E-state index in [1.165, 1.54) is 12.8 Å². The Morgan fingerprint density at radius 3 is 2.35 bits per heavy atom. The molecule has 0 heterocycles. The average Bonchev–Trinajstić information content (AvgIpc) is 2.47. The van der Waals surface area contributed by atoms with Gasteiger partial charge in [0.15, 0.2) is 0 Å². The zero-order chi connectivity index (χ0) is 17.0. The second-order valence-corrected chi connectivity index (χ2v) is 9.73. The predicted octanol–water partition coefficient (Wildman–Crippen LogP) is 4.98. The normalized spacial score (nSPS) is 28.0. The first kappa shape index (κ1) is 18.7. The maximum atomic E-state index is 13.6. The summed E-state index contributed by atoms with van der Waals surface area (Å²) in [6.45, 7) is 10.8. The van der Waals surface area contributed by atoms with E-state index in [1.54, 1.807) is 0 Å². The molecule has 23 heavy (non-hydrogen) atoms. The van der Waals surface area contributed by atoms with E-state index in [9.17, 15) is 4.57 Å². The van der Waals surface area contributed by atoms with Crippen molar-refractivity contribution in [3.8, 4) is 0 Å². The third-order valence-electron chi connectivity index (χ3n) is 4.77. The Kier molecular flexibility index (Phi) is 6.48. The molecule has 2 rings (SSSR count). The maximum Gasteiger partial charge on any atom is 0.300 e. The fourth-order valence-corrected chi connectivity index (χ4v) is 5.76. The summed E-state index contributed by atoms with van der Waals surface area (Å²) in [6, 6.07) is 9.73. The largest absolute Gasteiger partial charge is 0.311 e. The Morgan fingerprint density at radius 1 is 1.13 bits per heavy atom. The molecular formula is C19H32NO2P. The zero-order valence-corrected chi connectivity index (χ0v) is 16.1. The highest BCUT2D eigenvalue weighted by Crippen LogP contribution is 2.48. The molecule has 0 aliphatic heterocycles.